The van der Waals surface area contributed by atoms with Crippen LogP contribution < -0.4 is 11.1 Å². The van der Waals surface area contributed by atoms with Crippen molar-refractivity contribution in [2.75, 3.05) is 0 Å². The summed E-state index contributed by atoms with van der Waals surface area (Å²) in [4.78, 5) is 12.0. The van der Waals surface area contributed by atoms with Crippen LogP contribution in [0.15, 0.2) is 24.3 Å². The van der Waals surface area contributed by atoms with Crippen molar-refractivity contribution in [3.8, 4) is 11.4 Å². The first kappa shape index (κ1) is 17.4. The molecule has 124 valence electrons. The number of nitrogens with zero attached hydrogens (tertiary/aromatic N) is 3. The van der Waals surface area contributed by atoms with E-state index in [9.17, 15) is 4.79 Å². The second kappa shape index (κ2) is 8.03. The van der Waals surface area contributed by atoms with Crippen LogP contribution in [0.5, 0.6) is 0 Å². The lowest BCUT2D eigenvalue weighted by molar-refractivity contribution is -0.122. The van der Waals surface area contributed by atoms with Gasteiger partial charge in [0.25, 0.3) is 0 Å². The number of benzene rings is 1. The summed E-state index contributed by atoms with van der Waals surface area (Å²) in [5.74, 6) is 0.969. The maximum absolute atomic E-state index is 12.0. The fraction of sp³-hybridized carbons (Fsp3) is 0.467. The van der Waals surface area contributed by atoms with Gasteiger partial charge in [-0.25, -0.2) is 0 Å². The minimum atomic E-state index is 0. The Morgan fingerprint density at radius 1 is 1.30 bits per heavy atom. The molecule has 0 bridgehead atoms. The van der Waals surface area contributed by atoms with Gasteiger partial charge in [-0.2, -0.15) is 5.21 Å². The first-order valence-corrected chi connectivity index (χ1v) is 7.57. The number of tetrazole rings is 1. The number of amides is 1. The summed E-state index contributed by atoms with van der Waals surface area (Å²) in [6.07, 6.45) is 3.77. The number of H-pyrrole nitrogens is 1. The van der Waals surface area contributed by atoms with E-state index in [1.807, 2.05) is 24.3 Å². The van der Waals surface area contributed by atoms with Crippen LogP contribution in [0.25, 0.3) is 11.4 Å². The number of halogens is 1. The molecule has 0 unspecified atom stereocenters. The molecule has 0 radical (unpaired) electrons. The lowest BCUT2D eigenvalue weighted by Gasteiger charge is -2.14. The quantitative estimate of drug-likeness (QED) is 0.765. The number of hydrogen-bond donors (Lipinski definition) is 3. The van der Waals surface area contributed by atoms with Crippen molar-refractivity contribution in [1.82, 2.24) is 25.9 Å². The first-order valence-electron chi connectivity index (χ1n) is 7.57. The van der Waals surface area contributed by atoms with E-state index in [1.54, 1.807) is 0 Å². The van der Waals surface area contributed by atoms with Crippen molar-refractivity contribution in [1.29, 1.82) is 0 Å². The molecule has 0 spiro atoms. The molecule has 4 N–H and O–H groups in total. The third kappa shape index (κ3) is 4.49. The summed E-state index contributed by atoms with van der Waals surface area (Å²) in [5.41, 5.74) is 7.93. The molecule has 1 fully saturated rings. The highest BCUT2D eigenvalue weighted by atomic mass is 35.5. The van der Waals surface area contributed by atoms with Crippen LogP contribution in [0, 0.1) is 5.92 Å². The van der Waals surface area contributed by atoms with Crippen LogP contribution in [0.3, 0.4) is 0 Å². The second-order valence-electron chi connectivity index (χ2n) is 5.77. The summed E-state index contributed by atoms with van der Waals surface area (Å²) in [6, 6.07) is 7.92. The number of carbonyl (C=O) groups excluding carboxylic acids is 1. The fourth-order valence-corrected chi connectivity index (χ4v) is 2.89. The van der Waals surface area contributed by atoms with Crippen molar-refractivity contribution >= 4 is 18.3 Å². The molecule has 2 aromatic rings. The topological polar surface area (TPSA) is 110 Å². The van der Waals surface area contributed by atoms with Gasteiger partial charge in [0.2, 0.25) is 11.7 Å². The van der Waals surface area contributed by atoms with E-state index in [0.717, 1.165) is 30.4 Å². The van der Waals surface area contributed by atoms with Crippen molar-refractivity contribution in [3.05, 3.63) is 29.8 Å². The Labute approximate surface area is 140 Å². The highest BCUT2D eigenvalue weighted by Gasteiger charge is 2.25. The predicted molar refractivity (Wildman–Crippen MR) is 88.6 cm³/mol. The van der Waals surface area contributed by atoms with Gasteiger partial charge in [0.15, 0.2) is 0 Å². The van der Waals surface area contributed by atoms with Crippen molar-refractivity contribution in [2.45, 2.75) is 38.3 Å². The summed E-state index contributed by atoms with van der Waals surface area (Å²) < 4.78 is 0. The smallest absolute Gasteiger partial charge is 0.220 e. The monoisotopic (exact) mass is 336 g/mol. The number of aromatic nitrogens is 4. The molecule has 23 heavy (non-hydrogen) atoms. The van der Waals surface area contributed by atoms with E-state index >= 15 is 0 Å². The number of nitrogens with one attached hydrogen (secondary N) is 2. The Kier molecular flexibility index (Phi) is 6.06. The molecule has 2 atom stereocenters. The summed E-state index contributed by atoms with van der Waals surface area (Å²) >= 11 is 0. The molecule has 1 amide bonds. The molecule has 1 saturated carbocycles. The first-order chi connectivity index (χ1) is 10.7. The van der Waals surface area contributed by atoms with Crippen LogP contribution in [-0.4, -0.2) is 32.6 Å². The molecule has 1 heterocycles. The van der Waals surface area contributed by atoms with E-state index < -0.39 is 0 Å². The standard InChI is InChI=1S/C15H20N6O.ClH/c16-13-3-1-2-12(13)8-14(22)17-9-10-4-6-11(7-5-10)15-18-20-21-19-15;/h4-7,12-13H,1-3,8-9,16H2,(H,17,22)(H,18,19,20,21);1H/t12-,13+;/m0./s1. The molecule has 0 saturated heterocycles. The van der Waals surface area contributed by atoms with E-state index in [0.29, 0.717) is 24.7 Å². The molecule has 7 nitrogen and oxygen atoms in total. The van der Waals surface area contributed by atoms with Gasteiger partial charge < -0.3 is 11.1 Å². The van der Waals surface area contributed by atoms with Gasteiger partial charge in [-0.1, -0.05) is 30.7 Å². The zero-order chi connectivity index (χ0) is 15.4. The second-order valence-corrected chi connectivity index (χ2v) is 5.77. The highest BCUT2D eigenvalue weighted by molar-refractivity contribution is 5.85. The SMILES string of the molecule is Cl.N[C@@H]1CCC[C@H]1CC(=O)NCc1ccc(-c2nn[nH]n2)cc1. The lowest BCUT2D eigenvalue weighted by Crippen LogP contribution is -2.31. The van der Waals surface area contributed by atoms with E-state index in [-0.39, 0.29) is 24.4 Å². The maximum Gasteiger partial charge on any atom is 0.220 e. The highest BCUT2D eigenvalue weighted by Crippen LogP contribution is 2.26. The molecule has 1 aliphatic carbocycles. The van der Waals surface area contributed by atoms with Crippen molar-refractivity contribution < 1.29 is 4.79 Å². The van der Waals surface area contributed by atoms with Crippen LogP contribution in [0.1, 0.15) is 31.2 Å². The molecule has 0 aliphatic heterocycles. The van der Waals surface area contributed by atoms with E-state index in [2.05, 4.69) is 25.9 Å². The predicted octanol–water partition coefficient (Wildman–Crippen LogP) is 1.42. The third-order valence-corrected chi connectivity index (χ3v) is 4.21. The Hall–Kier alpha value is -1.99. The van der Waals surface area contributed by atoms with Crippen molar-refractivity contribution in [3.63, 3.8) is 0 Å². The number of nitrogens with two attached hydrogens (primary N) is 1. The number of hydrogen-bond acceptors (Lipinski definition) is 5. The van der Waals surface area contributed by atoms with E-state index in [4.69, 9.17) is 5.73 Å². The van der Waals surface area contributed by atoms with Gasteiger partial charge >= 0.3 is 0 Å². The van der Waals surface area contributed by atoms with Crippen molar-refractivity contribution in [2.24, 2.45) is 11.7 Å². The third-order valence-electron chi connectivity index (χ3n) is 4.21. The largest absolute Gasteiger partial charge is 0.352 e. The van der Waals surface area contributed by atoms with Gasteiger partial charge in [-0.15, -0.1) is 22.6 Å². The Morgan fingerprint density at radius 3 is 2.70 bits per heavy atom. The lowest BCUT2D eigenvalue weighted by atomic mass is 10.00. The van der Waals surface area contributed by atoms with Crippen LogP contribution in [0.4, 0.5) is 0 Å². The molecular formula is C15H21ClN6O. The van der Waals surface area contributed by atoms with Gasteiger partial charge in [-0.05, 0) is 29.5 Å². The molecular weight excluding hydrogens is 316 g/mol. The maximum atomic E-state index is 12.0. The minimum Gasteiger partial charge on any atom is -0.352 e. The van der Waals surface area contributed by atoms with Gasteiger partial charge in [0, 0.05) is 24.6 Å². The Balaban J connectivity index is 0.00000192. The molecule has 3 rings (SSSR count). The Morgan fingerprint density at radius 2 is 2.09 bits per heavy atom. The average molecular weight is 337 g/mol. The average Bonchev–Trinajstić information content (AvgIpc) is 3.18. The number of rotatable bonds is 5. The fourth-order valence-electron chi connectivity index (χ4n) is 2.89. The zero-order valence-electron chi connectivity index (χ0n) is 12.7. The van der Waals surface area contributed by atoms with Crippen LogP contribution in [0.2, 0.25) is 0 Å². The zero-order valence-corrected chi connectivity index (χ0v) is 13.6. The summed E-state index contributed by atoms with van der Waals surface area (Å²) in [6.45, 7) is 0.521. The normalized spacial score (nSPS) is 20.0. The summed E-state index contributed by atoms with van der Waals surface area (Å²) in [5, 5.41) is 16.8. The van der Waals surface area contributed by atoms with Gasteiger partial charge in [0.1, 0.15) is 0 Å². The van der Waals surface area contributed by atoms with E-state index in [1.165, 1.54) is 0 Å². The number of aromatic amines is 1. The number of carbonyl (C=O) groups is 1. The van der Waals surface area contributed by atoms with Crippen LogP contribution >= 0.6 is 12.4 Å². The van der Waals surface area contributed by atoms with Crippen LogP contribution in [-0.2, 0) is 11.3 Å². The van der Waals surface area contributed by atoms with Gasteiger partial charge in [-0.3, -0.25) is 4.79 Å². The molecule has 1 aliphatic rings. The molecule has 1 aromatic carbocycles. The van der Waals surface area contributed by atoms with Gasteiger partial charge in [0.05, 0.1) is 0 Å². The minimum absolute atomic E-state index is 0. The molecule has 1 aromatic heterocycles. The Bertz CT molecular complexity index is 615. The summed E-state index contributed by atoms with van der Waals surface area (Å²) in [7, 11) is 0. The molecule has 8 heteroatoms.